The molecule has 7 heteroatoms. The second-order valence-corrected chi connectivity index (χ2v) is 6.55. The Morgan fingerprint density at radius 2 is 1.76 bits per heavy atom. The predicted octanol–water partition coefficient (Wildman–Crippen LogP) is 2.01. The van der Waals surface area contributed by atoms with Crippen LogP contribution in [0.2, 0.25) is 0 Å². The number of urea groups is 1. The molecule has 0 bridgehead atoms. The molecule has 2 saturated heterocycles. The number of hydrogen-bond acceptors (Lipinski definition) is 3. The summed E-state index contributed by atoms with van der Waals surface area (Å²) >= 11 is 0. The average molecular weight is 353 g/mol. The molecule has 3 rings (SSSR count). The third-order valence-electron chi connectivity index (χ3n) is 5.02. The Bertz CT molecular complexity index is 565. The smallest absolute Gasteiger partial charge is 0.317 e. The minimum Gasteiger partial charge on any atom is -0.381 e. The normalized spacial score (nSPS) is 19.8. The van der Waals surface area contributed by atoms with Gasteiger partial charge < -0.3 is 15.0 Å². The summed E-state index contributed by atoms with van der Waals surface area (Å²) in [6, 6.07) is 4.20. The molecule has 2 heterocycles. The van der Waals surface area contributed by atoms with Crippen molar-refractivity contribution in [1.82, 2.24) is 15.1 Å². The first-order chi connectivity index (χ1) is 12.1. The molecular formula is C18H25F2N3O2. The van der Waals surface area contributed by atoms with E-state index in [9.17, 15) is 13.6 Å². The van der Waals surface area contributed by atoms with Gasteiger partial charge in [-0.15, -0.1) is 0 Å². The SMILES string of the molecule is O=C(NCCc1c(F)cccc1F)N1CCN(C2CCOCC2)CC1. The van der Waals surface area contributed by atoms with E-state index < -0.39 is 11.6 Å². The molecule has 0 unspecified atom stereocenters. The lowest BCUT2D eigenvalue weighted by Crippen LogP contribution is -2.55. The van der Waals surface area contributed by atoms with Gasteiger partial charge in [0.1, 0.15) is 11.6 Å². The first kappa shape index (κ1) is 18.1. The summed E-state index contributed by atoms with van der Waals surface area (Å²) in [5, 5.41) is 2.76. The maximum atomic E-state index is 13.6. The van der Waals surface area contributed by atoms with Gasteiger partial charge in [-0.2, -0.15) is 0 Å². The van der Waals surface area contributed by atoms with Crippen molar-refractivity contribution in [3.63, 3.8) is 0 Å². The van der Waals surface area contributed by atoms with Crippen molar-refractivity contribution in [2.75, 3.05) is 45.9 Å². The number of carbonyl (C=O) groups is 1. The highest BCUT2D eigenvalue weighted by molar-refractivity contribution is 5.74. The van der Waals surface area contributed by atoms with Crippen LogP contribution < -0.4 is 5.32 Å². The lowest BCUT2D eigenvalue weighted by atomic mass is 10.1. The Morgan fingerprint density at radius 1 is 1.12 bits per heavy atom. The monoisotopic (exact) mass is 353 g/mol. The Kier molecular flexibility index (Phi) is 6.20. The van der Waals surface area contributed by atoms with Crippen LogP contribution in [0.15, 0.2) is 18.2 Å². The highest BCUT2D eigenvalue weighted by atomic mass is 19.1. The van der Waals surface area contributed by atoms with Gasteiger partial charge in [0.2, 0.25) is 0 Å². The van der Waals surface area contributed by atoms with E-state index in [0.29, 0.717) is 19.1 Å². The largest absolute Gasteiger partial charge is 0.381 e. The average Bonchev–Trinajstić information content (AvgIpc) is 2.65. The summed E-state index contributed by atoms with van der Waals surface area (Å²) in [5.74, 6) is -1.14. The molecule has 1 aromatic carbocycles. The quantitative estimate of drug-likeness (QED) is 0.901. The Hall–Kier alpha value is -1.73. The third kappa shape index (κ3) is 4.67. The summed E-state index contributed by atoms with van der Waals surface area (Å²) < 4.78 is 32.5. The summed E-state index contributed by atoms with van der Waals surface area (Å²) in [4.78, 5) is 16.4. The van der Waals surface area contributed by atoms with Gasteiger partial charge in [-0.05, 0) is 31.4 Å². The third-order valence-corrected chi connectivity index (χ3v) is 5.02. The van der Waals surface area contributed by atoms with Gasteiger partial charge in [0, 0.05) is 57.5 Å². The number of nitrogens with zero attached hydrogens (tertiary/aromatic N) is 2. The first-order valence-corrected chi connectivity index (χ1v) is 8.92. The van der Waals surface area contributed by atoms with Crippen molar-refractivity contribution in [3.8, 4) is 0 Å². The highest BCUT2D eigenvalue weighted by Gasteiger charge is 2.27. The maximum absolute atomic E-state index is 13.6. The minimum atomic E-state index is -0.570. The van der Waals surface area contributed by atoms with E-state index in [-0.39, 0.29) is 24.6 Å². The number of amides is 2. The van der Waals surface area contributed by atoms with Gasteiger partial charge in [-0.25, -0.2) is 13.6 Å². The van der Waals surface area contributed by atoms with E-state index in [0.717, 1.165) is 39.1 Å². The van der Waals surface area contributed by atoms with Gasteiger partial charge in [-0.3, -0.25) is 4.90 Å². The van der Waals surface area contributed by atoms with Gasteiger partial charge in [-0.1, -0.05) is 6.07 Å². The molecule has 5 nitrogen and oxygen atoms in total. The molecule has 0 saturated carbocycles. The second-order valence-electron chi connectivity index (χ2n) is 6.55. The molecule has 2 aliphatic heterocycles. The summed E-state index contributed by atoms with van der Waals surface area (Å²) in [7, 11) is 0. The zero-order valence-corrected chi connectivity index (χ0v) is 14.3. The molecule has 0 radical (unpaired) electrons. The van der Waals surface area contributed by atoms with E-state index in [4.69, 9.17) is 4.74 Å². The van der Waals surface area contributed by atoms with E-state index in [2.05, 4.69) is 10.2 Å². The molecule has 2 aliphatic rings. The van der Waals surface area contributed by atoms with Gasteiger partial charge in [0.25, 0.3) is 0 Å². The Balaban J connectivity index is 1.41. The number of nitrogens with one attached hydrogen (secondary N) is 1. The van der Waals surface area contributed by atoms with Crippen LogP contribution in [0.5, 0.6) is 0 Å². The van der Waals surface area contributed by atoms with Crippen LogP contribution in [-0.4, -0.2) is 67.8 Å². The number of piperazine rings is 1. The number of carbonyl (C=O) groups excluding carboxylic acids is 1. The van der Waals surface area contributed by atoms with Crippen molar-refractivity contribution in [3.05, 3.63) is 35.4 Å². The van der Waals surface area contributed by atoms with Gasteiger partial charge >= 0.3 is 6.03 Å². The molecule has 1 N–H and O–H groups in total. The van der Waals surface area contributed by atoms with Gasteiger partial charge in [0.05, 0.1) is 0 Å². The van der Waals surface area contributed by atoms with E-state index in [1.807, 2.05) is 0 Å². The number of rotatable bonds is 4. The molecule has 0 atom stereocenters. The number of ether oxygens (including phenoxy) is 1. The molecule has 2 amide bonds. The molecule has 0 aromatic heterocycles. The fourth-order valence-corrected chi connectivity index (χ4v) is 3.52. The summed E-state index contributed by atoms with van der Waals surface area (Å²) in [6.07, 6.45) is 2.26. The lowest BCUT2D eigenvalue weighted by Gasteiger charge is -2.40. The molecule has 138 valence electrons. The first-order valence-electron chi connectivity index (χ1n) is 8.92. The van der Waals surface area contributed by atoms with Crippen LogP contribution in [0, 0.1) is 11.6 Å². The van der Waals surface area contributed by atoms with Crippen LogP contribution in [0.4, 0.5) is 13.6 Å². The van der Waals surface area contributed by atoms with Crippen LogP contribution in [0.3, 0.4) is 0 Å². The standard InChI is InChI=1S/C18H25F2N3O2/c19-16-2-1-3-17(20)15(16)4-7-21-18(24)23-10-8-22(9-11-23)14-5-12-25-13-6-14/h1-3,14H,4-13H2,(H,21,24). The summed E-state index contributed by atoms with van der Waals surface area (Å²) in [5.41, 5.74) is 0.0205. The number of halogens is 2. The van der Waals surface area contributed by atoms with Crippen molar-refractivity contribution in [2.24, 2.45) is 0 Å². The molecule has 2 fully saturated rings. The Morgan fingerprint density at radius 3 is 2.40 bits per heavy atom. The van der Waals surface area contributed by atoms with Crippen LogP contribution >= 0.6 is 0 Å². The number of hydrogen-bond donors (Lipinski definition) is 1. The zero-order chi connectivity index (χ0) is 17.6. The molecule has 25 heavy (non-hydrogen) atoms. The second kappa shape index (κ2) is 8.58. The number of benzene rings is 1. The van der Waals surface area contributed by atoms with Crippen LogP contribution in [-0.2, 0) is 11.2 Å². The van der Waals surface area contributed by atoms with Crippen molar-refractivity contribution in [1.29, 1.82) is 0 Å². The van der Waals surface area contributed by atoms with Crippen LogP contribution in [0.1, 0.15) is 18.4 Å². The topological polar surface area (TPSA) is 44.8 Å². The van der Waals surface area contributed by atoms with E-state index >= 15 is 0 Å². The van der Waals surface area contributed by atoms with Crippen molar-refractivity contribution < 1.29 is 18.3 Å². The molecule has 0 aliphatic carbocycles. The van der Waals surface area contributed by atoms with Crippen molar-refractivity contribution >= 4 is 6.03 Å². The fraction of sp³-hybridized carbons (Fsp3) is 0.611. The molecule has 0 spiro atoms. The molecule has 1 aromatic rings. The molecular weight excluding hydrogens is 328 g/mol. The minimum absolute atomic E-state index is 0.0205. The highest BCUT2D eigenvalue weighted by Crippen LogP contribution is 2.16. The summed E-state index contributed by atoms with van der Waals surface area (Å²) in [6.45, 7) is 4.93. The van der Waals surface area contributed by atoms with Crippen molar-refractivity contribution in [2.45, 2.75) is 25.3 Å². The zero-order valence-electron chi connectivity index (χ0n) is 14.3. The predicted molar refractivity (Wildman–Crippen MR) is 90.4 cm³/mol. The fourth-order valence-electron chi connectivity index (χ4n) is 3.52. The maximum Gasteiger partial charge on any atom is 0.317 e. The van der Waals surface area contributed by atoms with E-state index in [1.165, 1.54) is 18.2 Å². The van der Waals surface area contributed by atoms with Crippen LogP contribution in [0.25, 0.3) is 0 Å². The Labute approximate surface area is 146 Å². The van der Waals surface area contributed by atoms with Gasteiger partial charge in [0.15, 0.2) is 0 Å². The van der Waals surface area contributed by atoms with E-state index in [1.54, 1.807) is 4.90 Å². The lowest BCUT2D eigenvalue weighted by molar-refractivity contribution is 0.0187.